The molecular formula is C9H8F2N2. The second kappa shape index (κ2) is 3.50. The molecule has 0 spiro atoms. The van der Waals surface area contributed by atoms with Crippen molar-refractivity contribution in [2.75, 3.05) is 0 Å². The highest BCUT2D eigenvalue weighted by atomic mass is 19.2. The first-order valence-electron chi connectivity index (χ1n) is 3.71. The molecule has 0 bridgehead atoms. The van der Waals surface area contributed by atoms with Gasteiger partial charge in [-0.25, -0.2) is 8.78 Å². The molecule has 0 radical (unpaired) electrons. The van der Waals surface area contributed by atoms with Crippen molar-refractivity contribution in [1.82, 2.24) is 0 Å². The van der Waals surface area contributed by atoms with E-state index in [4.69, 9.17) is 11.0 Å². The van der Waals surface area contributed by atoms with Gasteiger partial charge in [0.05, 0.1) is 11.6 Å². The molecule has 0 aliphatic heterocycles. The molecule has 68 valence electrons. The molecule has 1 aromatic carbocycles. The fourth-order valence-corrected chi connectivity index (χ4v) is 1.04. The minimum Gasteiger partial charge on any atom is -0.324 e. The van der Waals surface area contributed by atoms with E-state index in [0.29, 0.717) is 5.56 Å². The Balaban J connectivity index is 3.35. The molecular weight excluding hydrogens is 174 g/mol. The van der Waals surface area contributed by atoms with Crippen LogP contribution in [0.3, 0.4) is 0 Å². The second-order valence-electron chi connectivity index (χ2n) is 2.75. The molecule has 1 rings (SSSR count). The van der Waals surface area contributed by atoms with E-state index in [1.807, 2.05) is 0 Å². The summed E-state index contributed by atoms with van der Waals surface area (Å²) in [6.07, 6.45) is 0. The Morgan fingerprint density at radius 1 is 1.38 bits per heavy atom. The maximum absolute atomic E-state index is 12.7. The fourth-order valence-electron chi connectivity index (χ4n) is 1.04. The van der Waals surface area contributed by atoms with Crippen LogP contribution in [0.1, 0.15) is 24.1 Å². The van der Waals surface area contributed by atoms with Gasteiger partial charge in [0.1, 0.15) is 0 Å². The predicted molar refractivity (Wildman–Crippen MR) is 43.7 cm³/mol. The highest BCUT2D eigenvalue weighted by molar-refractivity contribution is 5.40. The Kier molecular flexibility index (Phi) is 2.59. The standard InChI is InChI=1S/C9H8F2N2/c1-5(13)7-3-9(11)8(10)2-6(7)4-12/h2-3,5H,13H2,1H3. The van der Waals surface area contributed by atoms with Crippen LogP contribution in [0.2, 0.25) is 0 Å². The predicted octanol–water partition coefficient (Wildman–Crippen LogP) is 1.86. The van der Waals surface area contributed by atoms with Gasteiger partial charge >= 0.3 is 0 Å². The topological polar surface area (TPSA) is 49.8 Å². The lowest BCUT2D eigenvalue weighted by Gasteiger charge is -2.07. The zero-order valence-electron chi connectivity index (χ0n) is 7.01. The summed E-state index contributed by atoms with van der Waals surface area (Å²) in [5.41, 5.74) is 5.87. The van der Waals surface area contributed by atoms with Crippen molar-refractivity contribution < 1.29 is 8.78 Å². The lowest BCUT2D eigenvalue weighted by molar-refractivity contribution is 0.505. The van der Waals surface area contributed by atoms with E-state index in [0.717, 1.165) is 12.1 Å². The van der Waals surface area contributed by atoms with Gasteiger partial charge in [-0.1, -0.05) is 0 Å². The number of nitrogens with two attached hydrogens (primary N) is 1. The SMILES string of the molecule is CC(N)c1cc(F)c(F)cc1C#N. The second-order valence-corrected chi connectivity index (χ2v) is 2.75. The molecule has 0 aliphatic carbocycles. The smallest absolute Gasteiger partial charge is 0.160 e. The third-order valence-electron chi connectivity index (χ3n) is 1.70. The Hall–Kier alpha value is -1.47. The largest absolute Gasteiger partial charge is 0.324 e. The summed E-state index contributed by atoms with van der Waals surface area (Å²) in [5.74, 6) is -2.01. The van der Waals surface area contributed by atoms with Crippen LogP contribution in [-0.2, 0) is 0 Å². The van der Waals surface area contributed by atoms with Gasteiger partial charge in [0, 0.05) is 6.04 Å². The van der Waals surface area contributed by atoms with Crippen molar-refractivity contribution in [3.05, 3.63) is 34.9 Å². The molecule has 0 aliphatic rings. The highest BCUT2D eigenvalue weighted by Gasteiger charge is 2.11. The molecule has 2 nitrogen and oxygen atoms in total. The molecule has 1 aromatic rings. The van der Waals surface area contributed by atoms with Gasteiger partial charge in [-0.05, 0) is 24.6 Å². The highest BCUT2D eigenvalue weighted by Crippen LogP contribution is 2.18. The number of nitriles is 1. The molecule has 0 saturated carbocycles. The monoisotopic (exact) mass is 182 g/mol. The Morgan fingerprint density at radius 2 is 1.92 bits per heavy atom. The molecule has 13 heavy (non-hydrogen) atoms. The average Bonchev–Trinajstić information content (AvgIpc) is 2.08. The third-order valence-corrected chi connectivity index (χ3v) is 1.70. The number of benzene rings is 1. The number of hydrogen-bond acceptors (Lipinski definition) is 2. The number of halogens is 2. The van der Waals surface area contributed by atoms with Gasteiger partial charge in [0.25, 0.3) is 0 Å². The first-order valence-corrected chi connectivity index (χ1v) is 3.71. The molecule has 2 N–H and O–H groups in total. The van der Waals surface area contributed by atoms with Crippen molar-refractivity contribution in [2.24, 2.45) is 5.73 Å². The lowest BCUT2D eigenvalue weighted by atomic mass is 10.0. The molecule has 1 unspecified atom stereocenters. The zero-order valence-corrected chi connectivity index (χ0v) is 7.01. The van der Waals surface area contributed by atoms with Crippen molar-refractivity contribution in [1.29, 1.82) is 5.26 Å². The molecule has 4 heteroatoms. The van der Waals surface area contributed by atoms with Crippen LogP contribution in [0, 0.1) is 23.0 Å². The molecule has 0 fully saturated rings. The summed E-state index contributed by atoms with van der Waals surface area (Å²) in [5, 5.41) is 8.59. The van der Waals surface area contributed by atoms with E-state index in [-0.39, 0.29) is 5.56 Å². The van der Waals surface area contributed by atoms with E-state index in [9.17, 15) is 8.78 Å². The summed E-state index contributed by atoms with van der Waals surface area (Å²) in [6, 6.07) is 3.09. The number of hydrogen-bond donors (Lipinski definition) is 1. The molecule has 0 amide bonds. The van der Waals surface area contributed by atoms with Gasteiger partial charge in [-0.3, -0.25) is 0 Å². The van der Waals surface area contributed by atoms with Crippen molar-refractivity contribution in [2.45, 2.75) is 13.0 Å². The number of nitrogens with zero attached hydrogens (tertiary/aromatic N) is 1. The van der Waals surface area contributed by atoms with Gasteiger partial charge in [-0.15, -0.1) is 0 Å². The van der Waals surface area contributed by atoms with Crippen LogP contribution in [0.4, 0.5) is 8.78 Å². The molecule has 0 aromatic heterocycles. The van der Waals surface area contributed by atoms with Gasteiger partial charge in [0.15, 0.2) is 11.6 Å². The van der Waals surface area contributed by atoms with Gasteiger partial charge in [0.2, 0.25) is 0 Å². The van der Waals surface area contributed by atoms with Gasteiger partial charge < -0.3 is 5.73 Å². The quantitative estimate of drug-likeness (QED) is 0.720. The summed E-state index contributed by atoms with van der Waals surface area (Å²) < 4.78 is 25.4. The first kappa shape index (κ1) is 9.62. The third kappa shape index (κ3) is 1.82. The van der Waals surface area contributed by atoms with Crippen LogP contribution in [-0.4, -0.2) is 0 Å². The average molecular weight is 182 g/mol. The molecule has 0 heterocycles. The van der Waals surface area contributed by atoms with Crippen molar-refractivity contribution in [3.63, 3.8) is 0 Å². The lowest BCUT2D eigenvalue weighted by Crippen LogP contribution is -2.08. The Labute approximate surface area is 74.6 Å². The summed E-state index contributed by atoms with van der Waals surface area (Å²) >= 11 is 0. The van der Waals surface area contributed by atoms with Gasteiger partial charge in [-0.2, -0.15) is 5.26 Å². The van der Waals surface area contributed by atoms with Crippen LogP contribution in [0.25, 0.3) is 0 Å². The minimum absolute atomic E-state index is 0.0777. The minimum atomic E-state index is -1.03. The Morgan fingerprint density at radius 3 is 2.38 bits per heavy atom. The molecule has 0 saturated heterocycles. The van der Waals surface area contributed by atoms with E-state index < -0.39 is 17.7 Å². The maximum atomic E-state index is 12.7. The van der Waals surface area contributed by atoms with Crippen molar-refractivity contribution >= 4 is 0 Å². The first-order chi connectivity index (χ1) is 6.06. The van der Waals surface area contributed by atoms with Crippen LogP contribution in [0.5, 0.6) is 0 Å². The van der Waals surface area contributed by atoms with E-state index in [1.165, 1.54) is 0 Å². The van der Waals surface area contributed by atoms with E-state index in [2.05, 4.69) is 0 Å². The van der Waals surface area contributed by atoms with Crippen LogP contribution >= 0.6 is 0 Å². The number of rotatable bonds is 1. The van der Waals surface area contributed by atoms with Crippen LogP contribution in [0.15, 0.2) is 12.1 Å². The summed E-state index contributed by atoms with van der Waals surface area (Å²) in [4.78, 5) is 0. The zero-order chi connectivity index (χ0) is 10.0. The molecule has 1 atom stereocenters. The van der Waals surface area contributed by atoms with E-state index in [1.54, 1.807) is 13.0 Å². The van der Waals surface area contributed by atoms with Crippen molar-refractivity contribution in [3.8, 4) is 6.07 Å². The van der Waals surface area contributed by atoms with E-state index >= 15 is 0 Å². The Bertz CT molecular complexity index is 367. The maximum Gasteiger partial charge on any atom is 0.160 e. The van der Waals surface area contributed by atoms with Crippen LogP contribution < -0.4 is 5.73 Å². The summed E-state index contributed by atoms with van der Waals surface area (Å²) in [6.45, 7) is 1.60. The summed E-state index contributed by atoms with van der Waals surface area (Å²) in [7, 11) is 0. The fraction of sp³-hybridized carbons (Fsp3) is 0.222. The normalized spacial score (nSPS) is 12.2.